The number of nitrogens with zero attached hydrogens (tertiary/aromatic N) is 1. The minimum absolute atomic E-state index is 0.625. The molecule has 0 aliphatic heterocycles. The monoisotopic (exact) mass is 159 g/mol. The number of rotatable bonds is 1. The van der Waals surface area contributed by atoms with Gasteiger partial charge >= 0.3 is 0 Å². The van der Waals surface area contributed by atoms with Crippen LogP contribution < -0.4 is 0 Å². The summed E-state index contributed by atoms with van der Waals surface area (Å²) in [6, 6.07) is 12.0. The van der Waals surface area contributed by atoms with E-state index in [0.29, 0.717) is 6.42 Å². The van der Waals surface area contributed by atoms with Crippen molar-refractivity contribution in [3.05, 3.63) is 42.5 Å². The van der Waals surface area contributed by atoms with Crippen LogP contribution >= 0.6 is 0 Å². The molecule has 1 aromatic carbocycles. The van der Waals surface area contributed by atoms with Crippen molar-refractivity contribution in [3.8, 4) is 6.07 Å². The van der Waals surface area contributed by atoms with Crippen molar-refractivity contribution in [2.45, 2.75) is 13.3 Å². The van der Waals surface area contributed by atoms with E-state index < -0.39 is 0 Å². The lowest BCUT2D eigenvalue weighted by molar-refractivity contribution is 1.22. The van der Waals surface area contributed by atoms with Crippen LogP contribution in [-0.4, -0.2) is 0 Å². The second-order valence-corrected chi connectivity index (χ2v) is 2.13. The van der Waals surface area contributed by atoms with Gasteiger partial charge in [0, 0.05) is 6.42 Å². The van der Waals surface area contributed by atoms with Crippen LogP contribution in [0.25, 0.3) is 6.08 Å². The normalized spacial score (nSPS) is 7.33. The molecular formula is C11H13N. The Morgan fingerprint density at radius 1 is 1.42 bits per heavy atom. The Bertz CT molecular complexity index is 243. The van der Waals surface area contributed by atoms with Gasteiger partial charge in [0.15, 0.2) is 0 Å². The highest BCUT2D eigenvalue weighted by Crippen LogP contribution is 1.97. The molecule has 0 aromatic heterocycles. The van der Waals surface area contributed by atoms with Crippen LogP contribution in [0, 0.1) is 11.3 Å². The van der Waals surface area contributed by atoms with E-state index in [1.165, 1.54) is 5.56 Å². The molecule has 0 radical (unpaired) electrons. The molecule has 0 N–H and O–H groups in total. The summed E-state index contributed by atoms with van der Waals surface area (Å²) in [4.78, 5) is 0. The van der Waals surface area contributed by atoms with E-state index in [0.717, 1.165) is 0 Å². The molecule has 1 heteroatoms. The Hall–Kier alpha value is -1.55. The van der Waals surface area contributed by atoms with Gasteiger partial charge in [-0.15, -0.1) is 0 Å². The van der Waals surface area contributed by atoms with Gasteiger partial charge in [-0.3, -0.25) is 0 Å². The summed E-state index contributed by atoms with van der Waals surface area (Å²) < 4.78 is 0. The Labute approximate surface area is 74.0 Å². The molecule has 1 rings (SSSR count). The molecule has 0 aliphatic carbocycles. The highest BCUT2D eigenvalue weighted by Gasteiger charge is 1.75. The first-order valence-corrected chi connectivity index (χ1v) is 3.89. The van der Waals surface area contributed by atoms with Crippen molar-refractivity contribution in [3.63, 3.8) is 0 Å². The van der Waals surface area contributed by atoms with Gasteiger partial charge in [0.1, 0.15) is 0 Å². The van der Waals surface area contributed by atoms with Crippen molar-refractivity contribution in [2.24, 2.45) is 0 Å². The molecule has 1 nitrogen and oxygen atoms in total. The third-order valence-electron chi connectivity index (χ3n) is 1.19. The van der Waals surface area contributed by atoms with Gasteiger partial charge in [-0.25, -0.2) is 0 Å². The van der Waals surface area contributed by atoms with Crippen molar-refractivity contribution in [2.75, 3.05) is 0 Å². The number of benzene rings is 1. The van der Waals surface area contributed by atoms with Gasteiger partial charge < -0.3 is 0 Å². The smallest absolute Gasteiger partial charge is 0.0618 e. The molecule has 0 amide bonds. The zero-order chi connectivity index (χ0) is 9.23. The lowest BCUT2D eigenvalue weighted by atomic mass is 10.2. The van der Waals surface area contributed by atoms with E-state index in [2.05, 4.69) is 6.58 Å². The molecule has 0 saturated heterocycles. The zero-order valence-corrected chi connectivity index (χ0v) is 7.33. The molecule has 0 saturated carbocycles. The first-order valence-electron chi connectivity index (χ1n) is 3.89. The Kier molecular flexibility index (Phi) is 6.58. The fourth-order valence-corrected chi connectivity index (χ4v) is 0.589. The lowest BCUT2D eigenvalue weighted by Crippen LogP contribution is -1.63. The second-order valence-electron chi connectivity index (χ2n) is 2.13. The highest BCUT2D eigenvalue weighted by atomic mass is 14.2. The summed E-state index contributed by atoms with van der Waals surface area (Å²) in [5.41, 5.74) is 1.17. The average Bonchev–Trinajstić information content (AvgIpc) is 2.19. The number of hydrogen-bond donors (Lipinski definition) is 0. The summed E-state index contributed by atoms with van der Waals surface area (Å²) >= 11 is 0. The largest absolute Gasteiger partial charge is 0.198 e. The maximum atomic E-state index is 7.62. The quantitative estimate of drug-likeness (QED) is 0.617. The standard InChI is InChI=1S/C8H8.C3H5N/c1-2-8-6-4-3-5-7-8;1-2-3-4/h2-7H,1H2;2H2,1H3. The summed E-state index contributed by atoms with van der Waals surface area (Å²) in [5, 5.41) is 7.62. The van der Waals surface area contributed by atoms with Gasteiger partial charge in [0.05, 0.1) is 6.07 Å². The third kappa shape index (κ3) is 5.25. The van der Waals surface area contributed by atoms with Gasteiger partial charge in [-0.05, 0) is 5.56 Å². The van der Waals surface area contributed by atoms with E-state index >= 15 is 0 Å². The van der Waals surface area contributed by atoms with Crippen molar-refractivity contribution < 1.29 is 0 Å². The van der Waals surface area contributed by atoms with E-state index in [4.69, 9.17) is 5.26 Å². The first-order chi connectivity index (χ1) is 5.85. The van der Waals surface area contributed by atoms with Gasteiger partial charge in [0.25, 0.3) is 0 Å². The van der Waals surface area contributed by atoms with Crippen LogP contribution in [0.5, 0.6) is 0 Å². The van der Waals surface area contributed by atoms with Crippen LogP contribution in [0.3, 0.4) is 0 Å². The fraction of sp³-hybridized carbons (Fsp3) is 0.182. The molecular weight excluding hydrogens is 146 g/mol. The van der Waals surface area contributed by atoms with E-state index in [1.807, 2.05) is 49.4 Å². The van der Waals surface area contributed by atoms with E-state index in [1.54, 1.807) is 0 Å². The third-order valence-corrected chi connectivity index (χ3v) is 1.19. The summed E-state index contributed by atoms with van der Waals surface area (Å²) in [6.07, 6.45) is 2.46. The van der Waals surface area contributed by atoms with E-state index in [9.17, 15) is 0 Å². The molecule has 12 heavy (non-hydrogen) atoms. The Balaban J connectivity index is 0.000000261. The molecule has 0 heterocycles. The summed E-state index contributed by atoms with van der Waals surface area (Å²) in [6.45, 7) is 5.45. The van der Waals surface area contributed by atoms with Gasteiger partial charge in [-0.1, -0.05) is 49.9 Å². The molecule has 0 spiro atoms. The molecule has 62 valence electrons. The first kappa shape index (κ1) is 10.4. The predicted molar refractivity (Wildman–Crippen MR) is 52.4 cm³/mol. The average molecular weight is 159 g/mol. The topological polar surface area (TPSA) is 23.8 Å². The summed E-state index contributed by atoms with van der Waals surface area (Å²) in [5.74, 6) is 0. The van der Waals surface area contributed by atoms with Gasteiger partial charge in [-0.2, -0.15) is 5.26 Å². The second kappa shape index (κ2) is 7.56. The number of hydrogen-bond acceptors (Lipinski definition) is 1. The van der Waals surface area contributed by atoms with Gasteiger partial charge in [0.2, 0.25) is 0 Å². The van der Waals surface area contributed by atoms with Crippen molar-refractivity contribution >= 4 is 6.08 Å². The van der Waals surface area contributed by atoms with Crippen molar-refractivity contribution in [1.82, 2.24) is 0 Å². The summed E-state index contributed by atoms with van der Waals surface area (Å²) in [7, 11) is 0. The fourth-order valence-electron chi connectivity index (χ4n) is 0.589. The predicted octanol–water partition coefficient (Wildman–Crippen LogP) is 3.25. The molecule has 0 atom stereocenters. The van der Waals surface area contributed by atoms with Crippen molar-refractivity contribution in [1.29, 1.82) is 5.26 Å². The minimum Gasteiger partial charge on any atom is -0.198 e. The number of nitriles is 1. The highest BCUT2D eigenvalue weighted by molar-refractivity contribution is 5.45. The van der Waals surface area contributed by atoms with Crippen LogP contribution in [0.1, 0.15) is 18.9 Å². The van der Waals surface area contributed by atoms with Crippen LogP contribution in [0.4, 0.5) is 0 Å². The van der Waals surface area contributed by atoms with Crippen LogP contribution in [0.15, 0.2) is 36.9 Å². The van der Waals surface area contributed by atoms with Crippen LogP contribution in [-0.2, 0) is 0 Å². The molecule has 0 bridgehead atoms. The van der Waals surface area contributed by atoms with E-state index in [-0.39, 0.29) is 0 Å². The molecule has 1 aromatic rings. The lowest BCUT2D eigenvalue weighted by Gasteiger charge is -1.85. The maximum absolute atomic E-state index is 7.62. The van der Waals surface area contributed by atoms with Crippen LogP contribution in [0.2, 0.25) is 0 Å². The maximum Gasteiger partial charge on any atom is 0.0618 e. The minimum atomic E-state index is 0.625. The molecule has 0 unspecified atom stereocenters. The molecule has 0 fully saturated rings. The Morgan fingerprint density at radius 2 is 1.92 bits per heavy atom. The SMILES string of the molecule is C=Cc1ccccc1.CCC#N. The Morgan fingerprint density at radius 3 is 2.17 bits per heavy atom. The zero-order valence-electron chi connectivity index (χ0n) is 7.33. The molecule has 0 aliphatic rings.